The summed E-state index contributed by atoms with van der Waals surface area (Å²) in [6, 6.07) is 5.06. The van der Waals surface area contributed by atoms with Crippen molar-refractivity contribution in [3.05, 3.63) is 38.4 Å². The molecule has 25 heavy (non-hydrogen) atoms. The lowest BCUT2D eigenvalue weighted by Crippen LogP contribution is -2.42. The van der Waals surface area contributed by atoms with Crippen LogP contribution in [-0.2, 0) is 14.3 Å². The van der Waals surface area contributed by atoms with Crippen LogP contribution in [0.15, 0.2) is 18.2 Å². The van der Waals surface area contributed by atoms with Gasteiger partial charge in [0.1, 0.15) is 18.0 Å². The van der Waals surface area contributed by atoms with Crippen LogP contribution in [0.3, 0.4) is 0 Å². The summed E-state index contributed by atoms with van der Waals surface area (Å²) in [6.45, 7) is 1.76. The van der Waals surface area contributed by atoms with Gasteiger partial charge in [-0.1, -0.05) is 23.2 Å². The summed E-state index contributed by atoms with van der Waals surface area (Å²) >= 11 is 11.9. The van der Waals surface area contributed by atoms with Crippen LogP contribution in [-0.4, -0.2) is 55.8 Å². The van der Waals surface area contributed by atoms with Crippen molar-refractivity contribution in [2.24, 2.45) is 0 Å². The van der Waals surface area contributed by atoms with Crippen LogP contribution in [0.5, 0.6) is 5.75 Å². The van der Waals surface area contributed by atoms with Crippen molar-refractivity contribution in [2.45, 2.75) is 30.8 Å². The molecule has 0 unspecified atom stereocenters. The molecule has 138 valence electrons. The summed E-state index contributed by atoms with van der Waals surface area (Å²) in [7, 11) is 0. The van der Waals surface area contributed by atoms with Gasteiger partial charge in [0.15, 0.2) is 6.10 Å². The SMILES string of the molecule is O=[N+]([O-])O[C@H]1CO[C@H]2[C@@H]1OC[C@@H]2NCCCOc1ccc(Cl)cc1Cl. The highest BCUT2D eigenvalue weighted by Crippen LogP contribution is 2.29. The second-order valence-corrected chi connectivity index (χ2v) is 6.64. The van der Waals surface area contributed by atoms with E-state index < -0.39 is 17.3 Å². The summed E-state index contributed by atoms with van der Waals surface area (Å²) in [5, 5.41) is 14.0. The minimum atomic E-state index is -0.806. The molecule has 10 heteroatoms. The third-order valence-corrected chi connectivity index (χ3v) is 4.64. The number of fused-ring (bicyclic) bond motifs is 1. The molecule has 0 aliphatic carbocycles. The van der Waals surface area contributed by atoms with E-state index in [0.717, 1.165) is 6.42 Å². The van der Waals surface area contributed by atoms with Gasteiger partial charge in [-0.3, -0.25) is 0 Å². The van der Waals surface area contributed by atoms with Crippen molar-refractivity contribution in [3.8, 4) is 5.75 Å². The Balaban J connectivity index is 1.37. The van der Waals surface area contributed by atoms with E-state index in [0.29, 0.717) is 35.6 Å². The van der Waals surface area contributed by atoms with Crippen LogP contribution in [0, 0.1) is 10.1 Å². The van der Waals surface area contributed by atoms with Crippen molar-refractivity contribution in [3.63, 3.8) is 0 Å². The zero-order chi connectivity index (χ0) is 17.8. The third kappa shape index (κ3) is 4.65. The summed E-state index contributed by atoms with van der Waals surface area (Å²) < 4.78 is 16.8. The molecular formula is C15H18Cl2N2O6. The predicted molar refractivity (Wildman–Crippen MR) is 89.7 cm³/mol. The third-order valence-electron chi connectivity index (χ3n) is 4.11. The van der Waals surface area contributed by atoms with E-state index in [4.69, 9.17) is 37.4 Å². The van der Waals surface area contributed by atoms with E-state index in [1.165, 1.54) is 0 Å². The first-order chi connectivity index (χ1) is 12.0. The fourth-order valence-corrected chi connectivity index (χ4v) is 3.44. The molecule has 0 amide bonds. The standard InChI is InChI=1S/C15H18Cl2N2O6/c16-9-2-3-12(10(17)6-9)22-5-1-4-18-11-7-23-15-13(25-19(20)21)8-24-14(11)15/h2-3,6,11,13-15,18H,1,4-5,7-8H2/t11-,13-,14+,15+/m0/s1. The fourth-order valence-electron chi connectivity index (χ4n) is 2.97. The lowest BCUT2D eigenvalue weighted by Gasteiger charge is -2.17. The molecule has 0 spiro atoms. The molecule has 4 atom stereocenters. The van der Waals surface area contributed by atoms with Crippen LogP contribution in [0.25, 0.3) is 0 Å². The van der Waals surface area contributed by atoms with E-state index in [1.807, 2.05) is 0 Å². The maximum Gasteiger partial charge on any atom is 0.294 e. The molecule has 0 radical (unpaired) electrons. The molecule has 2 saturated heterocycles. The molecule has 2 heterocycles. The van der Waals surface area contributed by atoms with Gasteiger partial charge in [0.05, 0.1) is 30.9 Å². The zero-order valence-corrected chi connectivity index (χ0v) is 14.7. The first kappa shape index (κ1) is 18.5. The number of halogens is 2. The average Bonchev–Trinajstić information content (AvgIpc) is 3.12. The molecule has 8 nitrogen and oxygen atoms in total. The maximum atomic E-state index is 10.5. The maximum absolute atomic E-state index is 10.5. The largest absolute Gasteiger partial charge is 0.492 e. The lowest BCUT2D eigenvalue weighted by atomic mass is 10.1. The fraction of sp³-hybridized carbons (Fsp3) is 0.600. The van der Waals surface area contributed by atoms with Gasteiger partial charge < -0.3 is 24.4 Å². The van der Waals surface area contributed by atoms with Gasteiger partial charge in [0.25, 0.3) is 5.09 Å². The minimum Gasteiger partial charge on any atom is -0.492 e. The summed E-state index contributed by atoms with van der Waals surface area (Å²) in [6.07, 6.45) is -0.562. The normalized spacial score (nSPS) is 27.9. The van der Waals surface area contributed by atoms with Gasteiger partial charge in [0, 0.05) is 5.02 Å². The smallest absolute Gasteiger partial charge is 0.294 e. The van der Waals surface area contributed by atoms with Crippen LogP contribution in [0.1, 0.15) is 6.42 Å². The Bertz CT molecular complexity index is 620. The Hall–Kier alpha value is -1.32. The van der Waals surface area contributed by atoms with Crippen molar-refractivity contribution in [1.82, 2.24) is 5.32 Å². The molecule has 0 aromatic heterocycles. The van der Waals surface area contributed by atoms with Crippen molar-refractivity contribution in [2.75, 3.05) is 26.4 Å². The number of nitrogens with zero attached hydrogens (tertiary/aromatic N) is 1. The van der Waals surface area contributed by atoms with Gasteiger partial charge >= 0.3 is 0 Å². The molecule has 2 fully saturated rings. The van der Waals surface area contributed by atoms with Crippen LogP contribution < -0.4 is 10.1 Å². The van der Waals surface area contributed by atoms with Crippen LogP contribution in [0.4, 0.5) is 0 Å². The van der Waals surface area contributed by atoms with Gasteiger partial charge in [-0.05, 0) is 31.2 Å². The monoisotopic (exact) mass is 392 g/mol. The van der Waals surface area contributed by atoms with E-state index >= 15 is 0 Å². The summed E-state index contributed by atoms with van der Waals surface area (Å²) in [4.78, 5) is 15.0. The van der Waals surface area contributed by atoms with E-state index in [1.54, 1.807) is 18.2 Å². The lowest BCUT2D eigenvalue weighted by molar-refractivity contribution is -0.769. The molecule has 3 rings (SSSR count). The molecule has 1 N–H and O–H groups in total. The van der Waals surface area contributed by atoms with E-state index in [9.17, 15) is 10.1 Å². The Labute approximate surface area is 154 Å². The van der Waals surface area contributed by atoms with Gasteiger partial charge in [-0.25, -0.2) is 0 Å². The van der Waals surface area contributed by atoms with Gasteiger partial charge in [0.2, 0.25) is 0 Å². The van der Waals surface area contributed by atoms with Crippen molar-refractivity contribution >= 4 is 23.2 Å². The second-order valence-electron chi connectivity index (χ2n) is 5.80. The predicted octanol–water partition coefficient (Wildman–Crippen LogP) is 2.09. The number of ether oxygens (including phenoxy) is 3. The van der Waals surface area contributed by atoms with E-state index in [2.05, 4.69) is 10.2 Å². The Kier molecular flexibility index (Phi) is 6.19. The first-order valence-electron chi connectivity index (χ1n) is 7.90. The molecule has 1 aromatic carbocycles. The summed E-state index contributed by atoms with van der Waals surface area (Å²) in [5.74, 6) is 0.592. The van der Waals surface area contributed by atoms with Crippen LogP contribution >= 0.6 is 23.2 Å². The number of hydrogen-bond donors (Lipinski definition) is 1. The molecule has 1 aromatic rings. The number of nitrogens with one attached hydrogen (secondary N) is 1. The number of rotatable bonds is 8. The molecule has 2 aliphatic rings. The molecule has 2 aliphatic heterocycles. The highest BCUT2D eigenvalue weighted by atomic mass is 35.5. The number of hydrogen-bond acceptors (Lipinski definition) is 7. The first-order valence-corrected chi connectivity index (χ1v) is 8.66. The summed E-state index contributed by atoms with van der Waals surface area (Å²) in [5.41, 5.74) is 0. The second kappa shape index (κ2) is 8.37. The van der Waals surface area contributed by atoms with Gasteiger partial charge in [-0.2, -0.15) is 0 Å². The highest BCUT2D eigenvalue weighted by Gasteiger charge is 2.49. The van der Waals surface area contributed by atoms with Crippen molar-refractivity contribution < 1.29 is 24.1 Å². The Morgan fingerprint density at radius 3 is 2.84 bits per heavy atom. The average molecular weight is 393 g/mol. The van der Waals surface area contributed by atoms with Crippen LogP contribution in [0.2, 0.25) is 10.0 Å². The zero-order valence-electron chi connectivity index (χ0n) is 13.2. The van der Waals surface area contributed by atoms with Crippen molar-refractivity contribution in [1.29, 1.82) is 0 Å². The number of benzene rings is 1. The molecule has 0 bridgehead atoms. The Morgan fingerprint density at radius 2 is 2.08 bits per heavy atom. The molecular weight excluding hydrogens is 375 g/mol. The topological polar surface area (TPSA) is 92.1 Å². The van der Waals surface area contributed by atoms with Gasteiger partial charge in [-0.15, -0.1) is 10.1 Å². The highest BCUT2D eigenvalue weighted by molar-refractivity contribution is 6.35. The minimum absolute atomic E-state index is 0.0236. The Morgan fingerprint density at radius 1 is 1.28 bits per heavy atom. The van der Waals surface area contributed by atoms with E-state index in [-0.39, 0.29) is 18.8 Å². The molecule has 0 saturated carbocycles. The quantitative estimate of drug-likeness (QED) is 0.411.